The summed E-state index contributed by atoms with van der Waals surface area (Å²) < 4.78 is 1.20. The monoisotopic (exact) mass is 369 g/mol. The van der Waals surface area contributed by atoms with Gasteiger partial charge in [0.2, 0.25) is 0 Å². The number of alkyl halides is 1. The molecule has 0 aliphatic rings. The summed E-state index contributed by atoms with van der Waals surface area (Å²) in [5.41, 5.74) is 0. The number of rotatable bonds is 14. The van der Waals surface area contributed by atoms with Gasteiger partial charge in [0.05, 0.1) is 32.6 Å². The number of unbranched alkanes of at least 4 members (excludes halogenated alkanes) is 8. The first-order valence-electron chi connectivity index (χ1n) is 8.58. The maximum atomic E-state index is 6.00. The topological polar surface area (TPSA) is 0 Å². The van der Waals surface area contributed by atoms with Crippen LogP contribution in [0.3, 0.4) is 0 Å². The van der Waals surface area contributed by atoms with Crippen molar-refractivity contribution >= 4 is 11.6 Å². The van der Waals surface area contributed by atoms with E-state index in [0.29, 0.717) is 0 Å². The Morgan fingerprint density at radius 3 is 1.40 bits per heavy atom. The van der Waals surface area contributed by atoms with Gasteiger partial charge in [-0.25, -0.2) is 0 Å². The van der Waals surface area contributed by atoms with Crippen molar-refractivity contribution in [3.8, 4) is 0 Å². The van der Waals surface area contributed by atoms with Gasteiger partial charge in [0.25, 0.3) is 0 Å². The fraction of sp³-hybridized carbons (Fsp3) is 1.00. The Hall–Kier alpha value is 0.730. The zero-order valence-corrected chi connectivity index (χ0v) is 16.4. The third kappa shape index (κ3) is 13.7. The molecule has 0 aromatic rings. The summed E-state index contributed by atoms with van der Waals surface area (Å²) in [6, 6.07) is 0. The minimum absolute atomic E-state index is 0. The zero-order chi connectivity index (χ0) is 14.4. The molecule has 0 spiro atoms. The summed E-state index contributed by atoms with van der Waals surface area (Å²) in [4.78, 5) is 0. The Morgan fingerprint density at radius 1 is 0.650 bits per heavy atom. The van der Waals surface area contributed by atoms with Gasteiger partial charge in [0.15, 0.2) is 0 Å². The van der Waals surface area contributed by atoms with Gasteiger partial charge in [-0.05, 0) is 25.7 Å². The maximum absolute atomic E-state index is 6.00. The molecule has 0 aromatic carbocycles. The van der Waals surface area contributed by atoms with Crippen LogP contribution >= 0.6 is 11.6 Å². The van der Waals surface area contributed by atoms with Crippen molar-refractivity contribution in [2.24, 2.45) is 0 Å². The van der Waals surface area contributed by atoms with Crippen molar-refractivity contribution in [2.75, 3.05) is 32.6 Å². The molecule has 124 valence electrons. The highest BCUT2D eigenvalue weighted by atomic mass is 79.9. The third-order valence-corrected chi connectivity index (χ3v) is 4.40. The predicted molar refractivity (Wildman–Crippen MR) is 89.0 cm³/mol. The molecular weight excluding hydrogens is 334 g/mol. The molecule has 0 atom stereocenters. The van der Waals surface area contributed by atoms with E-state index in [1.807, 2.05) is 0 Å². The molecule has 0 N–H and O–H groups in total. The average Bonchev–Trinajstić information content (AvgIpc) is 2.39. The molecule has 20 heavy (non-hydrogen) atoms. The van der Waals surface area contributed by atoms with Gasteiger partial charge in [-0.1, -0.05) is 52.4 Å². The quantitative estimate of drug-likeness (QED) is 0.250. The van der Waals surface area contributed by atoms with E-state index in [2.05, 4.69) is 20.9 Å². The lowest BCUT2D eigenvalue weighted by Crippen LogP contribution is -3.00. The van der Waals surface area contributed by atoms with Crippen LogP contribution in [-0.2, 0) is 0 Å². The van der Waals surface area contributed by atoms with E-state index in [0.717, 1.165) is 12.4 Å². The van der Waals surface area contributed by atoms with Crippen molar-refractivity contribution in [3.63, 3.8) is 0 Å². The first-order valence-corrected chi connectivity index (χ1v) is 9.11. The lowest BCUT2D eigenvalue weighted by Gasteiger charge is -2.34. The van der Waals surface area contributed by atoms with E-state index in [1.54, 1.807) is 0 Å². The van der Waals surface area contributed by atoms with E-state index in [4.69, 9.17) is 11.6 Å². The van der Waals surface area contributed by atoms with Gasteiger partial charge in [-0.2, -0.15) is 0 Å². The normalized spacial score (nSPS) is 11.4. The highest BCUT2D eigenvalue weighted by Crippen LogP contribution is 2.13. The zero-order valence-electron chi connectivity index (χ0n) is 14.1. The van der Waals surface area contributed by atoms with Crippen molar-refractivity contribution in [2.45, 2.75) is 78.1 Å². The molecule has 1 nitrogen and oxygen atoms in total. The molecule has 0 heterocycles. The summed E-state index contributed by atoms with van der Waals surface area (Å²) in [6.07, 6.45) is 13.9. The smallest absolute Gasteiger partial charge is 0.0922 e. The molecule has 0 aromatic heterocycles. The number of halogens is 2. The van der Waals surface area contributed by atoms with E-state index < -0.39 is 0 Å². The van der Waals surface area contributed by atoms with Crippen LogP contribution in [0.1, 0.15) is 78.1 Å². The maximum Gasteiger partial charge on any atom is 0.0922 e. The van der Waals surface area contributed by atoms with Crippen LogP contribution in [0.2, 0.25) is 0 Å². The standard InChI is InChI=1S/C17H37ClN.BrH/c1-4-6-8-10-12-15-19(3,17-14-18)16-13-11-9-7-5-2;/h4-17H2,1-3H3;1H/q+1;/p-1. The Balaban J connectivity index is 0. The van der Waals surface area contributed by atoms with Crippen molar-refractivity contribution in [1.82, 2.24) is 0 Å². The van der Waals surface area contributed by atoms with Crippen LogP contribution in [0.4, 0.5) is 0 Å². The SMILES string of the molecule is CCCCCCC[N+](C)(CCCl)CCCCCCC.[Br-]. The Kier molecular flexibility index (Phi) is 18.5. The van der Waals surface area contributed by atoms with Gasteiger partial charge in [0, 0.05) is 0 Å². The molecule has 0 rings (SSSR count). The van der Waals surface area contributed by atoms with Crippen molar-refractivity contribution in [3.05, 3.63) is 0 Å². The second-order valence-electron chi connectivity index (χ2n) is 6.31. The largest absolute Gasteiger partial charge is 1.00 e. The van der Waals surface area contributed by atoms with Crippen LogP contribution in [0.15, 0.2) is 0 Å². The second kappa shape index (κ2) is 16.1. The van der Waals surface area contributed by atoms with Gasteiger partial charge >= 0.3 is 0 Å². The second-order valence-corrected chi connectivity index (χ2v) is 6.69. The molecule has 0 aliphatic carbocycles. The highest BCUT2D eigenvalue weighted by Gasteiger charge is 2.19. The van der Waals surface area contributed by atoms with Gasteiger partial charge < -0.3 is 21.5 Å². The number of quaternary nitrogens is 1. The van der Waals surface area contributed by atoms with Crippen LogP contribution < -0.4 is 17.0 Å². The minimum Gasteiger partial charge on any atom is -1.00 e. The molecule has 0 saturated heterocycles. The van der Waals surface area contributed by atoms with E-state index >= 15 is 0 Å². The molecule has 0 bridgehead atoms. The summed E-state index contributed by atoms with van der Waals surface area (Å²) in [5, 5.41) is 0. The van der Waals surface area contributed by atoms with Crippen LogP contribution in [0.5, 0.6) is 0 Å². The molecule has 0 unspecified atom stereocenters. The first kappa shape index (κ1) is 23.0. The molecule has 0 aliphatic heterocycles. The van der Waals surface area contributed by atoms with Gasteiger partial charge in [-0.3, -0.25) is 0 Å². The van der Waals surface area contributed by atoms with Crippen molar-refractivity contribution < 1.29 is 21.5 Å². The Bertz CT molecular complexity index is 174. The molecule has 0 fully saturated rings. The number of nitrogens with zero attached hydrogens (tertiary/aromatic N) is 1. The van der Waals surface area contributed by atoms with E-state index in [-0.39, 0.29) is 17.0 Å². The molecule has 0 saturated carbocycles. The summed E-state index contributed by atoms with van der Waals surface area (Å²) in [5.74, 6) is 0.806. The van der Waals surface area contributed by atoms with Crippen LogP contribution in [0, 0.1) is 0 Å². The fourth-order valence-electron chi connectivity index (χ4n) is 2.73. The summed E-state index contributed by atoms with van der Waals surface area (Å²) in [6.45, 7) is 8.35. The molecule has 0 radical (unpaired) electrons. The Labute approximate surface area is 143 Å². The van der Waals surface area contributed by atoms with Crippen molar-refractivity contribution in [1.29, 1.82) is 0 Å². The minimum atomic E-state index is 0. The third-order valence-electron chi connectivity index (χ3n) is 4.23. The lowest BCUT2D eigenvalue weighted by atomic mass is 10.1. The number of hydrogen-bond donors (Lipinski definition) is 0. The fourth-order valence-corrected chi connectivity index (χ4v) is 3.14. The molecule has 0 amide bonds. The van der Waals surface area contributed by atoms with E-state index in [1.165, 1.54) is 81.8 Å². The number of hydrogen-bond acceptors (Lipinski definition) is 0. The molecule has 3 heteroatoms. The predicted octanol–water partition coefficient (Wildman–Crippen LogP) is 2.62. The van der Waals surface area contributed by atoms with Crippen LogP contribution in [-0.4, -0.2) is 37.0 Å². The van der Waals surface area contributed by atoms with Gasteiger partial charge in [0.1, 0.15) is 0 Å². The Morgan fingerprint density at radius 2 is 1.05 bits per heavy atom. The van der Waals surface area contributed by atoms with E-state index in [9.17, 15) is 0 Å². The summed E-state index contributed by atoms with van der Waals surface area (Å²) >= 11 is 6.00. The highest BCUT2D eigenvalue weighted by molar-refractivity contribution is 6.17. The summed E-state index contributed by atoms with van der Waals surface area (Å²) in [7, 11) is 2.40. The van der Waals surface area contributed by atoms with Crippen LogP contribution in [0.25, 0.3) is 0 Å². The molecular formula is C17H37BrClN. The average molecular weight is 371 g/mol. The van der Waals surface area contributed by atoms with Gasteiger partial charge in [-0.15, -0.1) is 11.6 Å². The first-order chi connectivity index (χ1) is 9.18. The lowest BCUT2D eigenvalue weighted by molar-refractivity contribution is -0.907.